The summed E-state index contributed by atoms with van der Waals surface area (Å²) in [4.78, 5) is 21.3. The van der Waals surface area contributed by atoms with Gasteiger partial charge in [-0.05, 0) is 61.9 Å². The van der Waals surface area contributed by atoms with Crippen molar-refractivity contribution in [3.63, 3.8) is 0 Å². The van der Waals surface area contributed by atoms with Gasteiger partial charge < -0.3 is 10.1 Å². The molecule has 142 valence electrons. The number of rotatable bonds is 4. The van der Waals surface area contributed by atoms with Crippen molar-refractivity contribution in [1.82, 2.24) is 15.3 Å². The minimum Gasteiger partial charge on any atom is -0.488 e. The molecule has 0 aliphatic carbocycles. The molecule has 5 nitrogen and oxygen atoms in total. The van der Waals surface area contributed by atoms with Gasteiger partial charge in [-0.25, -0.2) is 4.98 Å². The van der Waals surface area contributed by atoms with Crippen molar-refractivity contribution in [1.29, 1.82) is 0 Å². The van der Waals surface area contributed by atoms with Crippen LogP contribution in [0.5, 0.6) is 5.75 Å². The smallest absolute Gasteiger partial charge is 0.251 e. The highest BCUT2D eigenvalue weighted by Crippen LogP contribution is 2.33. The fourth-order valence-corrected chi connectivity index (χ4v) is 3.43. The number of benzene rings is 2. The molecule has 0 spiro atoms. The topological polar surface area (TPSA) is 64.1 Å². The van der Waals surface area contributed by atoms with Crippen LogP contribution in [0.4, 0.5) is 0 Å². The van der Waals surface area contributed by atoms with E-state index in [2.05, 4.69) is 21.4 Å². The quantitative estimate of drug-likeness (QED) is 0.723. The number of nitrogens with one attached hydrogen (secondary N) is 1. The highest BCUT2D eigenvalue weighted by Gasteiger charge is 2.24. The van der Waals surface area contributed by atoms with Crippen molar-refractivity contribution >= 4 is 17.5 Å². The van der Waals surface area contributed by atoms with Crippen LogP contribution >= 0.6 is 11.6 Å². The molecule has 0 bridgehead atoms. The predicted octanol–water partition coefficient (Wildman–Crippen LogP) is 4.15. The summed E-state index contributed by atoms with van der Waals surface area (Å²) in [6.07, 6.45) is 2.42. The number of hydrogen-bond donors (Lipinski definition) is 1. The monoisotopic (exact) mass is 393 g/mol. The Balaban J connectivity index is 1.43. The van der Waals surface area contributed by atoms with E-state index in [1.807, 2.05) is 26.0 Å². The van der Waals surface area contributed by atoms with Crippen LogP contribution in [0.2, 0.25) is 5.02 Å². The van der Waals surface area contributed by atoms with Crippen LogP contribution < -0.4 is 10.1 Å². The summed E-state index contributed by atoms with van der Waals surface area (Å²) >= 11 is 5.86. The molecule has 1 aliphatic heterocycles. The number of ether oxygens (including phenoxy) is 1. The van der Waals surface area contributed by atoms with E-state index in [4.69, 9.17) is 16.3 Å². The summed E-state index contributed by atoms with van der Waals surface area (Å²) < 4.78 is 5.99. The van der Waals surface area contributed by atoms with Crippen LogP contribution in [0.1, 0.15) is 27.3 Å². The number of nitrogens with zero attached hydrogens (tertiary/aromatic N) is 2. The SMILES string of the molecule is Cc1cnc(C)c(-c2ccc3c(c2)CC(CNC(=O)c2ccc(Cl)cc2)O3)n1. The molecule has 1 N–H and O–H groups in total. The maximum Gasteiger partial charge on any atom is 0.251 e. The Hall–Kier alpha value is -2.92. The summed E-state index contributed by atoms with van der Waals surface area (Å²) in [5.41, 5.74) is 5.40. The fraction of sp³-hybridized carbons (Fsp3) is 0.227. The van der Waals surface area contributed by atoms with Crippen molar-refractivity contribution in [2.24, 2.45) is 0 Å². The van der Waals surface area contributed by atoms with Gasteiger partial charge >= 0.3 is 0 Å². The molecule has 6 heteroatoms. The molecule has 0 saturated carbocycles. The largest absolute Gasteiger partial charge is 0.488 e. The third kappa shape index (κ3) is 3.85. The first kappa shape index (κ1) is 18.4. The molecule has 0 saturated heterocycles. The Labute approximate surface area is 168 Å². The Morgan fingerprint density at radius 2 is 2.00 bits per heavy atom. The van der Waals surface area contributed by atoms with Gasteiger partial charge in [0, 0.05) is 28.8 Å². The number of aryl methyl sites for hydroxylation is 2. The second-order valence-corrected chi connectivity index (χ2v) is 7.37. The van der Waals surface area contributed by atoms with Crippen LogP contribution in [0.15, 0.2) is 48.7 Å². The first-order chi connectivity index (χ1) is 13.5. The summed E-state index contributed by atoms with van der Waals surface area (Å²) in [6, 6.07) is 12.9. The highest BCUT2D eigenvalue weighted by atomic mass is 35.5. The van der Waals surface area contributed by atoms with Gasteiger partial charge in [0.05, 0.1) is 23.6 Å². The minimum absolute atomic E-state index is 0.0915. The fourth-order valence-electron chi connectivity index (χ4n) is 3.30. The Kier molecular flexibility index (Phi) is 5.01. The van der Waals surface area contributed by atoms with Crippen LogP contribution in [0.25, 0.3) is 11.3 Å². The summed E-state index contributed by atoms with van der Waals surface area (Å²) in [6.45, 7) is 4.33. The number of fused-ring (bicyclic) bond motifs is 1. The molecule has 2 heterocycles. The van der Waals surface area contributed by atoms with E-state index in [-0.39, 0.29) is 12.0 Å². The number of carbonyl (C=O) groups excluding carboxylic acids is 1. The summed E-state index contributed by atoms with van der Waals surface area (Å²) in [5, 5.41) is 3.54. The van der Waals surface area contributed by atoms with Gasteiger partial charge in [-0.1, -0.05) is 11.6 Å². The molecule has 1 atom stereocenters. The predicted molar refractivity (Wildman–Crippen MR) is 109 cm³/mol. The van der Waals surface area contributed by atoms with E-state index >= 15 is 0 Å². The van der Waals surface area contributed by atoms with E-state index in [0.29, 0.717) is 17.1 Å². The lowest BCUT2D eigenvalue weighted by Crippen LogP contribution is -2.34. The minimum atomic E-state index is -0.137. The molecule has 0 fully saturated rings. The molecule has 1 unspecified atom stereocenters. The molecular formula is C22H20ClN3O2. The van der Waals surface area contributed by atoms with Gasteiger partial charge in [-0.15, -0.1) is 0 Å². The average Bonchev–Trinajstić information content (AvgIpc) is 3.10. The van der Waals surface area contributed by atoms with Crippen LogP contribution in [-0.2, 0) is 6.42 Å². The van der Waals surface area contributed by atoms with Crippen LogP contribution in [0.3, 0.4) is 0 Å². The normalized spacial score (nSPS) is 15.0. The third-order valence-corrected chi connectivity index (χ3v) is 5.00. The van der Waals surface area contributed by atoms with Gasteiger partial charge in [-0.2, -0.15) is 0 Å². The Bertz CT molecular complexity index is 1030. The first-order valence-electron chi connectivity index (χ1n) is 9.13. The van der Waals surface area contributed by atoms with E-state index in [9.17, 15) is 4.79 Å². The highest BCUT2D eigenvalue weighted by molar-refractivity contribution is 6.30. The van der Waals surface area contributed by atoms with Crippen molar-refractivity contribution < 1.29 is 9.53 Å². The molecule has 1 aliphatic rings. The maximum atomic E-state index is 12.3. The Morgan fingerprint density at radius 3 is 2.79 bits per heavy atom. The molecule has 2 aromatic carbocycles. The van der Waals surface area contributed by atoms with Crippen LogP contribution in [-0.4, -0.2) is 28.5 Å². The first-order valence-corrected chi connectivity index (χ1v) is 9.51. The van der Waals surface area contributed by atoms with E-state index in [1.165, 1.54) is 0 Å². The van der Waals surface area contributed by atoms with E-state index in [0.717, 1.165) is 40.4 Å². The summed E-state index contributed by atoms with van der Waals surface area (Å²) in [5.74, 6) is 0.718. The van der Waals surface area contributed by atoms with Crippen molar-refractivity contribution in [3.05, 3.63) is 76.2 Å². The zero-order chi connectivity index (χ0) is 19.7. The number of hydrogen-bond acceptors (Lipinski definition) is 4. The molecule has 1 aromatic heterocycles. The molecular weight excluding hydrogens is 374 g/mol. The lowest BCUT2D eigenvalue weighted by atomic mass is 10.0. The molecule has 0 radical (unpaired) electrons. The lowest BCUT2D eigenvalue weighted by Gasteiger charge is -2.12. The second kappa shape index (κ2) is 7.60. The zero-order valence-corrected chi connectivity index (χ0v) is 16.5. The van der Waals surface area contributed by atoms with Gasteiger partial charge in [-0.3, -0.25) is 9.78 Å². The standard InChI is InChI=1S/C22H20ClN3O2/c1-13-11-24-14(2)21(26-13)16-5-8-20-17(9-16)10-19(28-20)12-25-22(27)15-3-6-18(23)7-4-15/h3-9,11,19H,10,12H2,1-2H3,(H,25,27). The number of amides is 1. The van der Waals surface area contributed by atoms with E-state index < -0.39 is 0 Å². The van der Waals surface area contributed by atoms with Crippen molar-refractivity contribution in [2.75, 3.05) is 6.54 Å². The molecule has 3 aromatic rings. The van der Waals surface area contributed by atoms with Crippen molar-refractivity contribution in [2.45, 2.75) is 26.4 Å². The van der Waals surface area contributed by atoms with Crippen molar-refractivity contribution in [3.8, 4) is 17.0 Å². The average molecular weight is 394 g/mol. The van der Waals surface area contributed by atoms with Crippen LogP contribution in [0, 0.1) is 13.8 Å². The summed E-state index contributed by atoms with van der Waals surface area (Å²) in [7, 11) is 0. The molecule has 28 heavy (non-hydrogen) atoms. The second-order valence-electron chi connectivity index (χ2n) is 6.93. The number of carbonyl (C=O) groups is 1. The van der Waals surface area contributed by atoms with Gasteiger partial charge in [0.25, 0.3) is 5.91 Å². The van der Waals surface area contributed by atoms with Gasteiger partial charge in [0.2, 0.25) is 0 Å². The number of halogens is 1. The van der Waals surface area contributed by atoms with Gasteiger partial charge in [0.15, 0.2) is 0 Å². The maximum absolute atomic E-state index is 12.3. The molecule has 4 rings (SSSR count). The third-order valence-electron chi connectivity index (χ3n) is 4.75. The van der Waals surface area contributed by atoms with E-state index in [1.54, 1.807) is 30.5 Å². The Morgan fingerprint density at radius 1 is 1.21 bits per heavy atom. The zero-order valence-electron chi connectivity index (χ0n) is 15.7. The molecule has 1 amide bonds. The number of aromatic nitrogens is 2. The van der Waals surface area contributed by atoms with Gasteiger partial charge in [0.1, 0.15) is 11.9 Å². The lowest BCUT2D eigenvalue weighted by molar-refractivity contribution is 0.0933.